The van der Waals surface area contributed by atoms with Crippen LogP contribution in [-0.2, 0) is 16.1 Å². The highest BCUT2D eigenvalue weighted by Crippen LogP contribution is 2.42. The Kier molecular flexibility index (Phi) is 5.25. The first kappa shape index (κ1) is 20.3. The van der Waals surface area contributed by atoms with Crippen molar-refractivity contribution in [1.82, 2.24) is 4.90 Å². The molecule has 1 amide bonds. The lowest BCUT2D eigenvalue weighted by atomic mass is 9.94. The normalized spacial score (nSPS) is 17.9. The molecule has 7 heteroatoms. The number of carbonyl (C=O) groups excluding carboxylic acids is 2. The Morgan fingerprint density at radius 1 is 1.13 bits per heavy atom. The van der Waals surface area contributed by atoms with E-state index in [1.54, 1.807) is 36.4 Å². The summed E-state index contributed by atoms with van der Waals surface area (Å²) in [6, 6.07) is 14.1. The largest absolute Gasteiger partial charge is 0.507 e. The van der Waals surface area contributed by atoms with E-state index in [-0.39, 0.29) is 29.4 Å². The summed E-state index contributed by atoms with van der Waals surface area (Å²) in [6.45, 7) is 1.95. The molecule has 158 valence electrons. The van der Waals surface area contributed by atoms with Gasteiger partial charge in [-0.2, -0.15) is 0 Å². The van der Waals surface area contributed by atoms with Gasteiger partial charge < -0.3 is 24.3 Å². The second-order valence-corrected chi connectivity index (χ2v) is 7.30. The van der Waals surface area contributed by atoms with Gasteiger partial charge in [-0.1, -0.05) is 35.9 Å². The molecule has 7 nitrogen and oxygen atoms in total. The highest BCUT2D eigenvalue weighted by molar-refractivity contribution is 6.46. The molecule has 1 aliphatic rings. The third-order valence-electron chi connectivity index (χ3n) is 5.29. The minimum absolute atomic E-state index is 0.0341. The molecule has 1 aromatic heterocycles. The SMILES string of the molecule is COc1cc([C@@H]2/C(=C(\O)c3ccc(C)cc3)C(=O)C(=O)N2Cc2ccco2)ccc1O. The molecule has 1 atom stereocenters. The van der Waals surface area contributed by atoms with Crippen LogP contribution in [0.1, 0.15) is 28.5 Å². The number of rotatable bonds is 5. The van der Waals surface area contributed by atoms with Crippen LogP contribution in [0.15, 0.2) is 70.9 Å². The Labute approximate surface area is 178 Å². The number of Topliss-reactive ketones (excluding diaryl/α,β-unsaturated/α-hetero) is 1. The molecular formula is C24H21NO6. The molecule has 0 radical (unpaired) electrons. The lowest BCUT2D eigenvalue weighted by molar-refractivity contribution is -0.140. The molecule has 2 N–H and O–H groups in total. The highest BCUT2D eigenvalue weighted by atomic mass is 16.5. The van der Waals surface area contributed by atoms with Gasteiger partial charge in [-0.05, 0) is 36.8 Å². The Morgan fingerprint density at radius 3 is 2.52 bits per heavy atom. The maximum atomic E-state index is 13.0. The van der Waals surface area contributed by atoms with Gasteiger partial charge in [0.25, 0.3) is 11.7 Å². The zero-order valence-electron chi connectivity index (χ0n) is 17.0. The summed E-state index contributed by atoms with van der Waals surface area (Å²) in [6.07, 6.45) is 1.48. The van der Waals surface area contributed by atoms with Crippen LogP contribution in [0.2, 0.25) is 0 Å². The molecule has 0 unspecified atom stereocenters. The molecule has 0 bridgehead atoms. The van der Waals surface area contributed by atoms with Gasteiger partial charge in [0, 0.05) is 5.56 Å². The summed E-state index contributed by atoms with van der Waals surface area (Å²) in [4.78, 5) is 27.3. The van der Waals surface area contributed by atoms with Crippen molar-refractivity contribution in [2.45, 2.75) is 19.5 Å². The second-order valence-electron chi connectivity index (χ2n) is 7.30. The molecule has 3 aromatic rings. The van der Waals surface area contributed by atoms with Gasteiger partial charge in [0.05, 0.1) is 31.5 Å². The number of amides is 1. The number of ketones is 1. The van der Waals surface area contributed by atoms with Gasteiger partial charge in [0.1, 0.15) is 11.5 Å². The molecule has 2 heterocycles. The fraction of sp³-hybridized carbons (Fsp3) is 0.167. The van der Waals surface area contributed by atoms with E-state index in [2.05, 4.69) is 0 Å². The molecule has 1 saturated heterocycles. The number of hydrogen-bond donors (Lipinski definition) is 2. The zero-order valence-corrected chi connectivity index (χ0v) is 17.0. The van der Waals surface area contributed by atoms with E-state index < -0.39 is 17.7 Å². The fourth-order valence-corrected chi connectivity index (χ4v) is 3.69. The van der Waals surface area contributed by atoms with Crippen molar-refractivity contribution in [3.8, 4) is 11.5 Å². The van der Waals surface area contributed by atoms with Gasteiger partial charge in [0.15, 0.2) is 11.5 Å². The standard InChI is InChI=1S/C24H21NO6/c1-14-5-7-15(8-6-14)22(27)20-21(16-9-10-18(26)19(12-16)30-2)25(24(29)23(20)28)13-17-4-3-11-31-17/h3-12,21,26-27H,13H2,1-2H3/b22-20+/t21-/m1/s1. The molecule has 1 fully saturated rings. The number of aliphatic hydroxyl groups excluding tert-OH is 1. The third kappa shape index (κ3) is 3.66. The first-order chi connectivity index (χ1) is 14.9. The number of hydrogen-bond acceptors (Lipinski definition) is 6. The number of aromatic hydroxyl groups is 1. The predicted octanol–water partition coefficient (Wildman–Crippen LogP) is 3.92. The van der Waals surface area contributed by atoms with Crippen molar-refractivity contribution >= 4 is 17.4 Å². The van der Waals surface area contributed by atoms with E-state index in [1.165, 1.54) is 24.3 Å². The molecule has 0 aliphatic carbocycles. The number of likely N-dealkylation sites (tertiary alicyclic amines) is 1. The van der Waals surface area contributed by atoms with Gasteiger partial charge in [-0.15, -0.1) is 0 Å². The summed E-state index contributed by atoms with van der Waals surface area (Å²) in [5.74, 6) is -1.20. The Balaban J connectivity index is 1.89. The number of carbonyl (C=O) groups is 2. The van der Waals surface area contributed by atoms with Crippen LogP contribution in [0.25, 0.3) is 5.76 Å². The topological polar surface area (TPSA) is 100 Å². The number of methoxy groups -OCH3 is 1. The number of benzene rings is 2. The number of aryl methyl sites for hydroxylation is 1. The van der Waals surface area contributed by atoms with Crippen LogP contribution in [0, 0.1) is 6.92 Å². The van der Waals surface area contributed by atoms with Crippen molar-refractivity contribution in [2.24, 2.45) is 0 Å². The predicted molar refractivity (Wildman–Crippen MR) is 112 cm³/mol. The Morgan fingerprint density at radius 2 is 1.87 bits per heavy atom. The van der Waals surface area contributed by atoms with Crippen molar-refractivity contribution < 1.29 is 29.0 Å². The minimum Gasteiger partial charge on any atom is -0.507 e. The van der Waals surface area contributed by atoms with Gasteiger partial charge in [-0.3, -0.25) is 9.59 Å². The Hall–Kier alpha value is -4.00. The lowest BCUT2D eigenvalue weighted by Crippen LogP contribution is -2.29. The average molecular weight is 419 g/mol. The maximum Gasteiger partial charge on any atom is 0.296 e. The summed E-state index contributed by atoms with van der Waals surface area (Å²) in [5.41, 5.74) is 1.90. The van der Waals surface area contributed by atoms with Crippen LogP contribution in [0.3, 0.4) is 0 Å². The monoisotopic (exact) mass is 419 g/mol. The molecular weight excluding hydrogens is 398 g/mol. The molecule has 0 saturated carbocycles. The van der Waals surface area contributed by atoms with Crippen molar-refractivity contribution in [2.75, 3.05) is 7.11 Å². The minimum atomic E-state index is -0.888. The second kappa shape index (κ2) is 8.02. The van der Waals surface area contributed by atoms with E-state index in [0.29, 0.717) is 16.9 Å². The number of ether oxygens (including phenoxy) is 1. The van der Waals surface area contributed by atoms with E-state index in [0.717, 1.165) is 5.56 Å². The van der Waals surface area contributed by atoms with Crippen LogP contribution in [0.4, 0.5) is 0 Å². The first-order valence-corrected chi connectivity index (χ1v) is 9.65. The maximum absolute atomic E-state index is 13.0. The molecule has 31 heavy (non-hydrogen) atoms. The van der Waals surface area contributed by atoms with Gasteiger partial charge >= 0.3 is 0 Å². The number of nitrogens with zero attached hydrogens (tertiary/aromatic N) is 1. The van der Waals surface area contributed by atoms with Crippen molar-refractivity contribution in [1.29, 1.82) is 0 Å². The van der Waals surface area contributed by atoms with Gasteiger partial charge in [0.2, 0.25) is 0 Å². The quantitative estimate of drug-likeness (QED) is 0.369. The van der Waals surface area contributed by atoms with Crippen LogP contribution in [-0.4, -0.2) is 33.9 Å². The van der Waals surface area contributed by atoms with E-state index in [9.17, 15) is 19.8 Å². The summed E-state index contributed by atoms with van der Waals surface area (Å²) >= 11 is 0. The smallest absolute Gasteiger partial charge is 0.296 e. The summed E-state index contributed by atoms with van der Waals surface area (Å²) in [5, 5.41) is 21.0. The van der Waals surface area contributed by atoms with Crippen LogP contribution >= 0.6 is 0 Å². The fourth-order valence-electron chi connectivity index (χ4n) is 3.69. The number of phenols is 1. The van der Waals surface area contributed by atoms with Gasteiger partial charge in [-0.25, -0.2) is 0 Å². The van der Waals surface area contributed by atoms with Crippen LogP contribution < -0.4 is 4.74 Å². The number of phenolic OH excluding ortho intramolecular Hbond substituents is 1. The van der Waals surface area contributed by atoms with Crippen LogP contribution in [0.5, 0.6) is 11.5 Å². The highest BCUT2D eigenvalue weighted by Gasteiger charge is 2.46. The Bertz CT molecular complexity index is 1160. The lowest BCUT2D eigenvalue weighted by Gasteiger charge is -2.25. The summed E-state index contributed by atoms with van der Waals surface area (Å²) < 4.78 is 10.6. The zero-order chi connectivity index (χ0) is 22.1. The van der Waals surface area contributed by atoms with E-state index in [4.69, 9.17) is 9.15 Å². The first-order valence-electron chi connectivity index (χ1n) is 9.65. The molecule has 1 aliphatic heterocycles. The number of furan rings is 1. The van der Waals surface area contributed by atoms with Crippen molar-refractivity contribution in [3.05, 3.63) is 88.9 Å². The van der Waals surface area contributed by atoms with E-state index >= 15 is 0 Å². The van der Waals surface area contributed by atoms with E-state index in [1.807, 2.05) is 19.1 Å². The molecule has 2 aromatic carbocycles. The molecule has 0 spiro atoms. The molecule has 4 rings (SSSR count). The number of aliphatic hydroxyl groups is 1. The summed E-state index contributed by atoms with van der Waals surface area (Å²) in [7, 11) is 1.41. The van der Waals surface area contributed by atoms with Crippen molar-refractivity contribution in [3.63, 3.8) is 0 Å². The average Bonchev–Trinajstić information content (AvgIpc) is 3.37. The third-order valence-corrected chi connectivity index (χ3v) is 5.29.